The molecular weight excluding hydrogens is 522 g/mol. The fourth-order valence-electron chi connectivity index (χ4n) is 5.40. The molecule has 0 spiro atoms. The maximum absolute atomic E-state index is 13.2. The van der Waals surface area contributed by atoms with Crippen LogP contribution < -0.4 is 15.4 Å². The summed E-state index contributed by atoms with van der Waals surface area (Å²) in [5, 5.41) is 14.5. The molecule has 2 fully saturated rings. The van der Waals surface area contributed by atoms with E-state index in [2.05, 4.69) is 30.8 Å². The van der Waals surface area contributed by atoms with Crippen molar-refractivity contribution in [2.24, 2.45) is 5.41 Å². The number of fused-ring (bicyclic) bond motifs is 1. The smallest absolute Gasteiger partial charge is 0.256 e. The molecule has 11 nitrogen and oxygen atoms in total. The SMILES string of the molecule is Cc1ccnc(NC(=O)c2ccc(Oc3ccnc4[nH]nc(N[C@@H]5CCCN(C(=O)C6(C)CCOC6)C5)c34)cc2)c1. The Morgan fingerprint density at radius 1 is 1.15 bits per heavy atom. The second kappa shape index (κ2) is 11.2. The van der Waals surface area contributed by atoms with Crippen molar-refractivity contribution in [2.75, 3.05) is 36.9 Å². The van der Waals surface area contributed by atoms with Crippen LogP contribution in [0.3, 0.4) is 0 Å². The zero-order chi connectivity index (χ0) is 28.4. The number of ether oxygens (including phenoxy) is 2. The molecule has 5 heterocycles. The fourth-order valence-corrected chi connectivity index (χ4v) is 5.40. The number of likely N-dealkylation sites (tertiary alicyclic amines) is 1. The van der Waals surface area contributed by atoms with E-state index in [0.29, 0.717) is 54.1 Å². The number of hydrogen-bond acceptors (Lipinski definition) is 8. The van der Waals surface area contributed by atoms with Gasteiger partial charge in [-0.2, -0.15) is 5.10 Å². The molecule has 2 aliphatic rings. The van der Waals surface area contributed by atoms with Crippen molar-refractivity contribution in [3.05, 3.63) is 66.0 Å². The average molecular weight is 556 g/mol. The van der Waals surface area contributed by atoms with Gasteiger partial charge in [0, 0.05) is 49.8 Å². The number of rotatable bonds is 7. The van der Waals surface area contributed by atoms with Gasteiger partial charge in [-0.15, -0.1) is 0 Å². The van der Waals surface area contributed by atoms with Crippen LogP contribution in [0.25, 0.3) is 11.0 Å². The lowest BCUT2D eigenvalue weighted by Crippen LogP contribution is -2.50. The number of pyridine rings is 2. The van der Waals surface area contributed by atoms with Gasteiger partial charge in [0.05, 0.1) is 12.0 Å². The summed E-state index contributed by atoms with van der Waals surface area (Å²) in [4.78, 5) is 36.5. The lowest BCUT2D eigenvalue weighted by atomic mass is 9.87. The molecule has 3 aromatic heterocycles. The molecule has 2 atom stereocenters. The first-order chi connectivity index (χ1) is 19.9. The minimum Gasteiger partial charge on any atom is -0.456 e. The van der Waals surface area contributed by atoms with Gasteiger partial charge in [0.2, 0.25) is 5.91 Å². The molecule has 1 aromatic carbocycles. The van der Waals surface area contributed by atoms with Crippen molar-refractivity contribution in [2.45, 2.75) is 39.2 Å². The number of nitrogens with one attached hydrogen (secondary N) is 3. The zero-order valence-corrected chi connectivity index (χ0v) is 23.1. The van der Waals surface area contributed by atoms with Crippen LogP contribution in [-0.4, -0.2) is 69.2 Å². The van der Waals surface area contributed by atoms with Gasteiger partial charge in [-0.1, -0.05) is 0 Å². The summed E-state index contributed by atoms with van der Waals surface area (Å²) in [6.45, 7) is 6.40. The second-order valence-electron chi connectivity index (χ2n) is 11.0. The van der Waals surface area contributed by atoms with Gasteiger partial charge in [-0.05, 0) is 75.1 Å². The number of aromatic nitrogens is 4. The Morgan fingerprint density at radius 2 is 1.98 bits per heavy atom. The number of benzene rings is 1. The molecule has 0 aliphatic carbocycles. The summed E-state index contributed by atoms with van der Waals surface area (Å²) < 4.78 is 11.7. The number of anilines is 2. The molecule has 11 heteroatoms. The minimum absolute atomic E-state index is 0.0406. The minimum atomic E-state index is -0.445. The van der Waals surface area contributed by atoms with Crippen molar-refractivity contribution in [1.82, 2.24) is 25.1 Å². The van der Waals surface area contributed by atoms with Gasteiger partial charge in [0.25, 0.3) is 5.91 Å². The van der Waals surface area contributed by atoms with Crippen molar-refractivity contribution in [1.29, 1.82) is 0 Å². The fraction of sp³-hybridized carbons (Fsp3) is 0.367. The Hall–Kier alpha value is -4.51. The predicted octanol–water partition coefficient (Wildman–Crippen LogP) is 4.54. The molecule has 4 aromatic rings. The van der Waals surface area contributed by atoms with Crippen LogP contribution in [-0.2, 0) is 9.53 Å². The highest BCUT2D eigenvalue weighted by atomic mass is 16.5. The number of aryl methyl sites for hydroxylation is 1. The second-order valence-corrected chi connectivity index (χ2v) is 11.0. The van der Waals surface area contributed by atoms with Crippen molar-refractivity contribution in [3.8, 4) is 11.5 Å². The van der Waals surface area contributed by atoms with Crippen LogP contribution in [0.1, 0.15) is 42.1 Å². The summed E-state index contributed by atoms with van der Waals surface area (Å²) in [6.07, 6.45) is 5.90. The largest absolute Gasteiger partial charge is 0.456 e. The van der Waals surface area contributed by atoms with E-state index in [0.717, 1.165) is 36.8 Å². The number of piperidine rings is 1. The molecule has 6 rings (SSSR count). The lowest BCUT2D eigenvalue weighted by molar-refractivity contribution is -0.142. The first-order valence-electron chi connectivity index (χ1n) is 13.9. The van der Waals surface area contributed by atoms with E-state index in [1.165, 1.54) is 0 Å². The number of H-pyrrole nitrogens is 1. The highest BCUT2D eigenvalue weighted by Gasteiger charge is 2.41. The van der Waals surface area contributed by atoms with E-state index in [9.17, 15) is 9.59 Å². The van der Waals surface area contributed by atoms with Crippen LogP contribution in [0.4, 0.5) is 11.6 Å². The Balaban J connectivity index is 1.15. The first kappa shape index (κ1) is 26.7. The van der Waals surface area contributed by atoms with Gasteiger partial charge in [0.15, 0.2) is 11.5 Å². The van der Waals surface area contributed by atoms with Crippen LogP contribution >= 0.6 is 0 Å². The number of carbonyl (C=O) groups is 2. The highest BCUT2D eigenvalue weighted by Crippen LogP contribution is 2.35. The highest BCUT2D eigenvalue weighted by molar-refractivity contribution is 6.03. The van der Waals surface area contributed by atoms with Gasteiger partial charge in [-0.25, -0.2) is 9.97 Å². The number of carbonyl (C=O) groups excluding carboxylic acids is 2. The summed E-state index contributed by atoms with van der Waals surface area (Å²) in [5.74, 6) is 2.17. The number of hydrogen-bond donors (Lipinski definition) is 3. The molecule has 0 radical (unpaired) electrons. The normalized spacial score (nSPS) is 20.6. The first-order valence-corrected chi connectivity index (χ1v) is 13.9. The summed E-state index contributed by atoms with van der Waals surface area (Å²) in [6, 6.07) is 12.4. The number of nitrogens with zero attached hydrogens (tertiary/aromatic N) is 4. The third-order valence-corrected chi connectivity index (χ3v) is 7.71. The summed E-state index contributed by atoms with van der Waals surface area (Å²) >= 11 is 0. The summed E-state index contributed by atoms with van der Waals surface area (Å²) in [5.41, 5.74) is 1.64. The Bertz CT molecular complexity index is 1560. The molecule has 0 saturated carbocycles. The molecular formula is C30H33N7O4. The van der Waals surface area contributed by atoms with E-state index < -0.39 is 5.41 Å². The Labute approximate surface area is 237 Å². The van der Waals surface area contributed by atoms with E-state index in [1.807, 2.05) is 30.9 Å². The Kier molecular flexibility index (Phi) is 7.27. The maximum Gasteiger partial charge on any atom is 0.256 e. The molecule has 212 valence electrons. The lowest BCUT2D eigenvalue weighted by Gasteiger charge is -2.37. The zero-order valence-electron chi connectivity index (χ0n) is 23.1. The van der Waals surface area contributed by atoms with Gasteiger partial charge in [0.1, 0.15) is 22.7 Å². The third-order valence-electron chi connectivity index (χ3n) is 7.71. The number of amides is 2. The predicted molar refractivity (Wildman–Crippen MR) is 154 cm³/mol. The van der Waals surface area contributed by atoms with Crippen LogP contribution in [0.2, 0.25) is 0 Å². The van der Waals surface area contributed by atoms with Crippen molar-refractivity contribution < 1.29 is 19.1 Å². The molecule has 2 amide bonds. The van der Waals surface area contributed by atoms with Crippen LogP contribution in [0.5, 0.6) is 11.5 Å². The quantitative estimate of drug-likeness (QED) is 0.303. The van der Waals surface area contributed by atoms with Gasteiger partial charge < -0.3 is 25.0 Å². The average Bonchev–Trinajstić information content (AvgIpc) is 3.61. The van der Waals surface area contributed by atoms with Crippen molar-refractivity contribution in [3.63, 3.8) is 0 Å². The van der Waals surface area contributed by atoms with Gasteiger partial charge >= 0.3 is 0 Å². The number of aromatic amines is 1. The molecule has 1 unspecified atom stereocenters. The Morgan fingerprint density at radius 3 is 2.76 bits per heavy atom. The molecule has 0 bridgehead atoms. The third kappa shape index (κ3) is 5.71. The topological polar surface area (TPSA) is 134 Å². The van der Waals surface area contributed by atoms with E-state index in [1.54, 1.807) is 42.7 Å². The standard InChI is InChI=1S/C30H33N7O4/c1-19-9-12-31-24(16-19)34-28(38)20-5-7-22(8-6-20)41-23-10-13-32-26-25(23)27(36-35-26)33-21-4-3-14-37(17-21)29(39)30(2)11-15-40-18-30/h5-10,12-13,16,21H,3-4,11,14-15,17-18H2,1-2H3,(H,31,34,38)(H2,32,33,35,36)/t21-,30?/m1/s1. The van der Waals surface area contributed by atoms with Gasteiger partial charge in [-0.3, -0.25) is 14.7 Å². The van der Waals surface area contributed by atoms with Crippen molar-refractivity contribution >= 4 is 34.5 Å². The maximum atomic E-state index is 13.2. The molecule has 41 heavy (non-hydrogen) atoms. The summed E-state index contributed by atoms with van der Waals surface area (Å²) in [7, 11) is 0. The molecule has 2 aliphatic heterocycles. The van der Waals surface area contributed by atoms with E-state index >= 15 is 0 Å². The van der Waals surface area contributed by atoms with Crippen LogP contribution in [0.15, 0.2) is 54.9 Å². The van der Waals surface area contributed by atoms with E-state index in [-0.39, 0.29) is 17.9 Å². The van der Waals surface area contributed by atoms with E-state index in [4.69, 9.17) is 9.47 Å². The molecule has 3 N–H and O–H groups in total. The van der Waals surface area contributed by atoms with Crippen LogP contribution in [0, 0.1) is 12.3 Å². The monoisotopic (exact) mass is 555 g/mol. The molecule has 2 saturated heterocycles.